The highest BCUT2D eigenvalue weighted by molar-refractivity contribution is 5.81. The van der Waals surface area contributed by atoms with Crippen LogP contribution in [0.1, 0.15) is 46.5 Å². The van der Waals surface area contributed by atoms with Crippen LogP contribution in [-0.2, 0) is 9.53 Å². The minimum Gasteiger partial charge on any atom is -0.459 e. The Kier molecular flexibility index (Phi) is 2.64. The zero-order valence-electron chi connectivity index (χ0n) is 10.6. The highest BCUT2D eigenvalue weighted by Gasteiger charge is 2.53. The molecule has 3 rings (SSSR count). The summed E-state index contributed by atoms with van der Waals surface area (Å²) in [5.74, 6) is 0.438. The monoisotopic (exact) mass is 222 g/mol. The molecular weight excluding hydrogens is 200 g/mol. The number of fused-ring (bicyclic) bond motifs is 3. The van der Waals surface area contributed by atoms with Gasteiger partial charge in [0, 0.05) is 11.5 Å². The summed E-state index contributed by atoms with van der Waals surface area (Å²) in [6.07, 6.45) is 6.05. The molecule has 2 heteroatoms. The van der Waals surface area contributed by atoms with Crippen molar-refractivity contribution >= 4 is 5.97 Å². The van der Waals surface area contributed by atoms with Crippen molar-refractivity contribution in [2.24, 2.45) is 16.7 Å². The molecule has 3 aliphatic rings. The maximum absolute atomic E-state index is 11.3. The molecule has 0 spiro atoms. The number of esters is 1. The molecule has 0 aromatic heterocycles. The lowest BCUT2D eigenvalue weighted by atomic mass is 9.50. The predicted octanol–water partition coefficient (Wildman–Crippen LogP) is 3.32. The first-order valence-electron chi connectivity index (χ1n) is 6.20. The molecule has 3 aliphatic carbocycles. The third-order valence-electron chi connectivity index (χ3n) is 4.73. The van der Waals surface area contributed by atoms with Gasteiger partial charge in [-0.1, -0.05) is 27.4 Å². The average Bonchev–Trinajstić information content (AvgIpc) is 2.18. The van der Waals surface area contributed by atoms with Crippen molar-refractivity contribution in [1.82, 2.24) is 0 Å². The molecule has 2 nitrogen and oxygen atoms in total. The Balaban J connectivity index is 2.14. The molecule has 0 aromatic carbocycles. The molecule has 0 heterocycles. The summed E-state index contributed by atoms with van der Waals surface area (Å²) in [7, 11) is 0. The summed E-state index contributed by atoms with van der Waals surface area (Å²) in [6, 6.07) is 0. The predicted molar refractivity (Wildman–Crippen MR) is 63.9 cm³/mol. The van der Waals surface area contributed by atoms with E-state index in [1.807, 2.05) is 0 Å². The van der Waals surface area contributed by atoms with Gasteiger partial charge in [0.15, 0.2) is 0 Å². The fourth-order valence-electron chi connectivity index (χ4n) is 3.80. The van der Waals surface area contributed by atoms with E-state index in [0.717, 1.165) is 6.42 Å². The zero-order chi connectivity index (χ0) is 12.0. The van der Waals surface area contributed by atoms with Crippen LogP contribution in [0.4, 0.5) is 0 Å². The van der Waals surface area contributed by atoms with Crippen LogP contribution >= 0.6 is 0 Å². The topological polar surface area (TPSA) is 26.3 Å². The summed E-state index contributed by atoms with van der Waals surface area (Å²) in [6.45, 7) is 10.4. The molecule has 0 amide bonds. The summed E-state index contributed by atoms with van der Waals surface area (Å²) in [5.41, 5.74) is 0.584. The van der Waals surface area contributed by atoms with Gasteiger partial charge in [-0.25, -0.2) is 4.79 Å². The first-order chi connectivity index (χ1) is 7.37. The van der Waals surface area contributed by atoms with Crippen molar-refractivity contribution in [3.63, 3.8) is 0 Å². The van der Waals surface area contributed by atoms with E-state index in [1.165, 1.54) is 25.3 Å². The minimum absolute atomic E-state index is 0.102. The highest BCUT2D eigenvalue weighted by atomic mass is 16.5. The van der Waals surface area contributed by atoms with Crippen LogP contribution in [0, 0.1) is 16.7 Å². The SMILES string of the molecule is C=CC(=O)OC1CC2CCC1(C)CC2(C)C. The molecule has 3 saturated carbocycles. The number of carbonyl (C=O) groups excluding carboxylic acids is 1. The molecule has 16 heavy (non-hydrogen) atoms. The lowest BCUT2D eigenvalue weighted by Crippen LogP contribution is -2.53. The van der Waals surface area contributed by atoms with E-state index < -0.39 is 0 Å². The van der Waals surface area contributed by atoms with Crippen molar-refractivity contribution in [3.05, 3.63) is 12.7 Å². The molecule has 3 fully saturated rings. The summed E-state index contributed by atoms with van der Waals surface area (Å²) < 4.78 is 5.51. The quantitative estimate of drug-likeness (QED) is 0.529. The van der Waals surface area contributed by atoms with E-state index in [0.29, 0.717) is 11.3 Å². The maximum atomic E-state index is 11.3. The Bertz CT molecular complexity index is 319. The van der Waals surface area contributed by atoms with Crippen LogP contribution in [0.15, 0.2) is 12.7 Å². The van der Waals surface area contributed by atoms with E-state index in [4.69, 9.17) is 4.74 Å². The molecule has 0 radical (unpaired) electrons. The fraction of sp³-hybridized carbons (Fsp3) is 0.786. The number of hydrogen-bond acceptors (Lipinski definition) is 2. The van der Waals surface area contributed by atoms with Crippen molar-refractivity contribution < 1.29 is 9.53 Å². The zero-order valence-corrected chi connectivity index (χ0v) is 10.6. The molecule has 90 valence electrons. The fourth-order valence-corrected chi connectivity index (χ4v) is 3.80. The van der Waals surface area contributed by atoms with Gasteiger partial charge in [0.1, 0.15) is 6.10 Å². The molecule has 0 saturated heterocycles. The van der Waals surface area contributed by atoms with Gasteiger partial charge in [0.05, 0.1) is 0 Å². The lowest BCUT2D eigenvalue weighted by Gasteiger charge is -2.57. The van der Waals surface area contributed by atoms with Gasteiger partial charge in [-0.15, -0.1) is 0 Å². The Hall–Kier alpha value is -0.790. The van der Waals surface area contributed by atoms with E-state index in [9.17, 15) is 4.79 Å². The second-order valence-electron chi connectivity index (χ2n) is 6.42. The van der Waals surface area contributed by atoms with Crippen molar-refractivity contribution in [3.8, 4) is 0 Å². The van der Waals surface area contributed by atoms with Crippen LogP contribution in [0.2, 0.25) is 0 Å². The van der Waals surface area contributed by atoms with Crippen LogP contribution in [0.25, 0.3) is 0 Å². The molecule has 0 aromatic rings. The third kappa shape index (κ3) is 1.79. The molecule has 0 aliphatic heterocycles. The normalized spacial score (nSPS) is 40.4. The summed E-state index contributed by atoms with van der Waals surface area (Å²) >= 11 is 0. The first kappa shape index (κ1) is 11.7. The van der Waals surface area contributed by atoms with Gasteiger partial charge < -0.3 is 4.74 Å². The van der Waals surface area contributed by atoms with Crippen molar-refractivity contribution in [2.45, 2.75) is 52.6 Å². The van der Waals surface area contributed by atoms with Gasteiger partial charge in [0.2, 0.25) is 0 Å². The molecule has 3 unspecified atom stereocenters. The molecular formula is C14H22O2. The van der Waals surface area contributed by atoms with Crippen LogP contribution in [0.5, 0.6) is 0 Å². The number of hydrogen-bond donors (Lipinski definition) is 0. The molecule has 3 atom stereocenters. The molecule has 2 bridgehead atoms. The summed E-state index contributed by atoms with van der Waals surface area (Å²) in [4.78, 5) is 11.3. The third-order valence-corrected chi connectivity index (χ3v) is 4.73. The van der Waals surface area contributed by atoms with E-state index >= 15 is 0 Å². The number of rotatable bonds is 2. The van der Waals surface area contributed by atoms with Crippen LogP contribution in [0.3, 0.4) is 0 Å². The van der Waals surface area contributed by atoms with Gasteiger partial charge in [-0.3, -0.25) is 0 Å². The Morgan fingerprint density at radius 1 is 1.44 bits per heavy atom. The Labute approximate surface area is 98.1 Å². The number of ether oxygens (including phenoxy) is 1. The average molecular weight is 222 g/mol. The lowest BCUT2D eigenvalue weighted by molar-refractivity contribution is -0.173. The minimum atomic E-state index is -0.267. The maximum Gasteiger partial charge on any atom is 0.330 e. The highest BCUT2D eigenvalue weighted by Crippen LogP contribution is 2.59. The van der Waals surface area contributed by atoms with Gasteiger partial charge in [-0.05, 0) is 37.0 Å². The van der Waals surface area contributed by atoms with Gasteiger partial charge in [0.25, 0.3) is 0 Å². The largest absolute Gasteiger partial charge is 0.459 e. The van der Waals surface area contributed by atoms with E-state index in [1.54, 1.807) is 0 Å². The Morgan fingerprint density at radius 2 is 2.12 bits per heavy atom. The summed E-state index contributed by atoms with van der Waals surface area (Å²) in [5, 5.41) is 0. The molecule has 0 N–H and O–H groups in total. The van der Waals surface area contributed by atoms with E-state index in [-0.39, 0.29) is 17.5 Å². The van der Waals surface area contributed by atoms with Crippen LogP contribution < -0.4 is 0 Å². The second kappa shape index (κ2) is 3.61. The smallest absolute Gasteiger partial charge is 0.330 e. The number of carbonyl (C=O) groups is 1. The standard InChI is InChI=1S/C14H22O2/c1-5-12(15)16-11-8-10-6-7-14(11,4)9-13(10,2)3/h5,10-11H,1,6-9H2,2-4H3. The second-order valence-corrected chi connectivity index (χ2v) is 6.42. The van der Waals surface area contributed by atoms with Gasteiger partial charge in [-0.2, -0.15) is 0 Å². The van der Waals surface area contributed by atoms with Gasteiger partial charge >= 0.3 is 5.97 Å². The van der Waals surface area contributed by atoms with Crippen molar-refractivity contribution in [2.75, 3.05) is 0 Å². The Morgan fingerprint density at radius 3 is 2.62 bits per heavy atom. The first-order valence-corrected chi connectivity index (χ1v) is 6.20. The van der Waals surface area contributed by atoms with Crippen LogP contribution in [-0.4, -0.2) is 12.1 Å². The van der Waals surface area contributed by atoms with Crippen molar-refractivity contribution in [1.29, 1.82) is 0 Å². The van der Waals surface area contributed by atoms with E-state index in [2.05, 4.69) is 27.4 Å².